The lowest BCUT2D eigenvalue weighted by atomic mass is 10.1. The van der Waals surface area contributed by atoms with Crippen LogP contribution < -0.4 is 5.32 Å². The van der Waals surface area contributed by atoms with E-state index in [0.717, 1.165) is 22.0 Å². The molecule has 3 rings (SSSR count). The van der Waals surface area contributed by atoms with E-state index in [2.05, 4.69) is 10.3 Å². The van der Waals surface area contributed by atoms with Crippen LogP contribution in [-0.4, -0.2) is 39.8 Å². The van der Waals surface area contributed by atoms with Crippen molar-refractivity contribution in [1.82, 2.24) is 10.3 Å². The van der Waals surface area contributed by atoms with Crippen molar-refractivity contribution >= 4 is 48.3 Å². The Morgan fingerprint density at radius 1 is 1.17 bits per heavy atom. The Hall–Kier alpha value is -2.29. The van der Waals surface area contributed by atoms with E-state index in [0.29, 0.717) is 12.0 Å². The summed E-state index contributed by atoms with van der Waals surface area (Å²) in [6.45, 7) is 0. The van der Waals surface area contributed by atoms with Crippen molar-refractivity contribution in [3.8, 4) is 17.0 Å². The van der Waals surface area contributed by atoms with Gasteiger partial charge in [-0.2, -0.15) is 25.3 Å². The van der Waals surface area contributed by atoms with Crippen molar-refractivity contribution < 1.29 is 14.7 Å². The second-order valence-corrected chi connectivity index (χ2v) is 8.42. The van der Waals surface area contributed by atoms with Crippen molar-refractivity contribution in [2.45, 2.75) is 18.9 Å². The smallest absolute Gasteiger partial charge is 0.251 e. The summed E-state index contributed by atoms with van der Waals surface area (Å²) >= 11 is 3.07. The average Bonchev–Trinajstić information content (AvgIpc) is 3.20. The fourth-order valence-electron chi connectivity index (χ4n) is 2.84. The first-order chi connectivity index (χ1) is 14.1. The van der Waals surface area contributed by atoms with Gasteiger partial charge in [0.2, 0.25) is 0 Å². The molecule has 0 saturated carbocycles. The normalized spacial score (nSPS) is 11.4. The van der Waals surface area contributed by atoms with Gasteiger partial charge in [-0.15, -0.1) is 11.3 Å². The number of Topliss-reactive ketones (excluding diaryl/α,β-unsaturated/α-hetero) is 1. The van der Waals surface area contributed by atoms with E-state index in [4.69, 9.17) is 0 Å². The molecule has 3 aromatic rings. The summed E-state index contributed by atoms with van der Waals surface area (Å²) in [7, 11) is 0. The highest BCUT2D eigenvalue weighted by molar-refractivity contribution is 7.98. The predicted molar refractivity (Wildman–Crippen MR) is 129 cm³/mol. The van der Waals surface area contributed by atoms with Crippen LogP contribution in [0.4, 0.5) is 0 Å². The number of hydrogen-bond acceptors (Lipinski definition) is 6. The van der Waals surface area contributed by atoms with Crippen LogP contribution in [0.15, 0.2) is 60.0 Å². The molecule has 0 spiro atoms. The van der Waals surface area contributed by atoms with Crippen LogP contribution in [0.5, 0.6) is 5.75 Å². The summed E-state index contributed by atoms with van der Waals surface area (Å²) in [6, 6.07) is 15.3. The molecule has 0 aliphatic rings. The van der Waals surface area contributed by atoms with Crippen LogP contribution in [0, 0.1) is 0 Å². The number of rotatable bonds is 9. The van der Waals surface area contributed by atoms with Gasteiger partial charge >= 0.3 is 0 Å². The molecule has 30 heavy (non-hydrogen) atoms. The van der Waals surface area contributed by atoms with Gasteiger partial charge in [0, 0.05) is 16.5 Å². The third-order valence-corrected chi connectivity index (χ3v) is 5.85. The number of thioether (sulfide) groups is 1. The highest BCUT2D eigenvalue weighted by Gasteiger charge is 2.22. The van der Waals surface area contributed by atoms with Crippen LogP contribution in [0.25, 0.3) is 11.3 Å². The second kappa shape index (κ2) is 11.8. The first kappa shape index (κ1) is 24.0. The zero-order valence-electron chi connectivity index (χ0n) is 16.5. The second-order valence-electron chi connectivity index (χ2n) is 6.49. The Morgan fingerprint density at radius 3 is 2.63 bits per heavy atom. The Bertz CT molecular complexity index is 977. The largest absolute Gasteiger partial charge is 0.508 e. The number of nitrogens with zero attached hydrogens (tertiary/aromatic N) is 1. The molecule has 1 atom stereocenters. The molecule has 0 unspecified atom stereocenters. The third-order valence-electron chi connectivity index (χ3n) is 4.36. The molecule has 1 aromatic heterocycles. The quantitative estimate of drug-likeness (QED) is 0.498. The molecule has 0 fully saturated rings. The number of nitrogens with one attached hydrogen (secondary N) is 1. The van der Waals surface area contributed by atoms with Crippen LogP contribution in [0.3, 0.4) is 0 Å². The molecule has 0 aliphatic carbocycles. The Labute approximate surface area is 191 Å². The highest BCUT2D eigenvalue weighted by atomic mass is 32.2. The van der Waals surface area contributed by atoms with Crippen molar-refractivity contribution in [3.05, 3.63) is 70.5 Å². The molecule has 0 radical (unpaired) electrons. The molecule has 2 aromatic carbocycles. The molecule has 0 bridgehead atoms. The van der Waals surface area contributed by atoms with Gasteiger partial charge in [0.05, 0.1) is 18.2 Å². The van der Waals surface area contributed by atoms with Gasteiger partial charge in [0.25, 0.3) is 5.91 Å². The summed E-state index contributed by atoms with van der Waals surface area (Å²) in [5.41, 5.74) is 2.19. The summed E-state index contributed by atoms with van der Waals surface area (Å²) in [6.07, 6.45) is 2.68. The maximum atomic E-state index is 12.9. The Morgan fingerprint density at radius 2 is 1.93 bits per heavy atom. The molecular formula is C22H24N2O3S3. The van der Waals surface area contributed by atoms with Gasteiger partial charge < -0.3 is 10.4 Å². The monoisotopic (exact) mass is 460 g/mol. The van der Waals surface area contributed by atoms with E-state index in [9.17, 15) is 14.7 Å². The maximum Gasteiger partial charge on any atom is 0.251 e. The lowest BCUT2D eigenvalue weighted by Gasteiger charge is -2.17. The Balaban J connectivity index is 0.00000320. The summed E-state index contributed by atoms with van der Waals surface area (Å²) < 4.78 is 0. The first-order valence-corrected chi connectivity index (χ1v) is 11.5. The Kier molecular flexibility index (Phi) is 9.42. The van der Waals surface area contributed by atoms with Crippen molar-refractivity contribution in [2.75, 3.05) is 12.0 Å². The van der Waals surface area contributed by atoms with Gasteiger partial charge in [-0.1, -0.05) is 36.4 Å². The number of aromatic hydroxyl groups is 1. The number of aromatic nitrogens is 1. The fourth-order valence-corrected chi connectivity index (χ4v) is 4.13. The molecule has 158 valence electrons. The molecule has 0 saturated heterocycles. The van der Waals surface area contributed by atoms with Crippen molar-refractivity contribution in [1.29, 1.82) is 0 Å². The van der Waals surface area contributed by atoms with Crippen LogP contribution in [0.2, 0.25) is 0 Å². The minimum Gasteiger partial charge on any atom is -0.508 e. The fraction of sp³-hybridized carbons (Fsp3) is 0.227. The number of carbonyl (C=O) groups is 2. The minimum atomic E-state index is -0.596. The number of hydrogen-bond donors (Lipinski definition) is 2. The zero-order valence-corrected chi connectivity index (χ0v) is 19.1. The first-order valence-electron chi connectivity index (χ1n) is 9.18. The molecule has 0 aliphatic heterocycles. The number of phenols is 1. The van der Waals surface area contributed by atoms with Gasteiger partial charge in [-0.05, 0) is 36.6 Å². The number of phenolic OH excluding ortho intramolecular Hbond substituents is 1. The minimum absolute atomic E-state index is 0. The number of amides is 1. The SMILES string of the molecule is CSCC[C@H](NC(=O)c1cccc(O)c1)C(=O)Cc1nc(-c2ccccc2)cs1.S. The van der Waals surface area contributed by atoms with E-state index >= 15 is 0 Å². The van der Waals surface area contributed by atoms with E-state index < -0.39 is 6.04 Å². The molecule has 1 amide bonds. The summed E-state index contributed by atoms with van der Waals surface area (Å²) in [5, 5.41) is 15.1. The van der Waals surface area contributed by atoms with Crippen LogP contribution in [0.1, 0.15) is 21.8 Å². The van der Waals surface area contributed by atoms with E-state index in [1.54, 1.807) is 23.9 Å². The molecule has 5 nitrogen and oxygen atoms in total. The molecule has 8 heteroatoms. The summed E-state index contributed by atoms with van der Waals surface area (Å²) in [5.74, 6) is 0.330. The highest BCUT2D eigenvalue weighted by Crippen LogP contribution is 2.22. The van der Waals surface area contributed by atoms with Gasteiger partial charge in [-0.25, -0.2) is 4.98 Å². The van der Waals surface area contributed by atoms with E-state index in [-0.39, 0.29) is 37.4 Å². The summed E-state index contributed by atoms with van der Waals surface area (Å²) in [4.78, 5) is 30.0. The van der Waals surface area contributed by atoms with Gasteiger partial charge in [0.15, 0.2) is 5.78 Å². The van der Waals surface area contributed by atoms with Crippen molar-refractivity contribution in [2.24, 2.45) is 0 Å². The lowest BCUT2D eigenvalue weighted by Crippen LogP contribution is -2.42. The van der Waals surface area contributed by atoms with Gasteiger partial charge in [-0.3, -0.25) is 9.59 Å². The standard InChI is InChI=1S/C22H22N2O3S2.H2S/c1-28-11-10-18(24-22(27)16-8-5-9-17(25)12-16)20(26)13-21-23-19(14-29-21)15-6-3-2-4-7-15;/h2-9,12,14,18,25H,10-11,13H2,1H3,(H,24,27);1H2/t18-;/m0./s1. The predicted octanol–water partition coefficient (Wildman–Crippen LogP) is 4.29. The third kappa shape index (κ3) is 6.62. The van der Waals surface area contributed by atoms with Gasteiger partial charge in [0.1, 0.15) is 10.8 Å². The molecule has 1 heterocycles. The van der Waals surface area contributed by atoms with Crippen LogP contribution >= 0.6 is 36.6 Å². The van der Waals surface area contributed by atoms with E-state index in [1.807, 2.05) is 42.0 Å². The maximum absolute atomic E-state index is 12.9. The molecule has 2 N–H and O–H groups in total. The van der Waals surface area contributed by atoms with E-state index in [1.165, 1.54) is 23.5 Å². The topological polar surface area (TPSA) is 79.3 Å². The number of carbonyl (C=O) groups excluding carboxylic acids is 2. The molecular weight excluding hydrogens is 436 g/mol. The van der Waals surface area contributed by atoms with Crippen LogP contribution in [-0.2, 0) is 11.2 Å². The number of thiazole rings is 1. The lowest BCUT2D eigenvalue weighted by molar-refractivity contribution is -0.120. The zero-order chi connectivity index (χ0) is 20.6. The van der Waals surface area contributed by atoms with Crippen molar-refractivity contribution in [3.63, 3.8) is 0 Å². The number of ketones is 1. The average molecular weight is 461 g/mol. The number of benzene rings is 2.